The smallest absolute Gasteiger partial charge is 0.310 e. The van der Waals surface area contributed by atoms with Gasteiger partial charge in [-0.1, -0.05) is 39.8 Å². The number of allylic oxidation sites excluding steroid dienone is 1. The van der Waals surface area contributed by atoms with E-state index in [-0.39, 0.29) is 40.2 Å². The van der Waals surface area contributed by atoms with Crippen LogP contribution in [-0.4, -0.2) is 33.9 Å². The lowest BCUT2D eigenvalue weighted by atomic mass is 9.48. The summed E-state index contributed by atoms with van der Waals surface area (Å²) in [5, 5.41) is 20.6. The van der Waals surface area contributed by atoms with E-state index in [1.165, 1.54) is 0 Å². The van der Waals surface area contributed by atoms with Gasteiger partial charge in [0.25, 0.3) is 0 Å². The molecule has 2 N–H and O–H groups in total. The fourth-order valence-corrected chi connectivity index (χ4v) is 8.50. The van der Waals surface area contributed by atoms with Crippen LogP contribution < -0.4 is 0 Å². The molecule has 0 spiro atoms. The Bertz CT molecular complexity index is 946. The molecule has 0 aromatic carbocycles. The van der Waals surface area contributed by atoms with Crippen molar-refractivity contribution in [3.63, 3.8) is 0 Å². The Morgan fingerprint density at radius 3 is 2.53 bits per heavy atom. The van der Waals surface area contributed by atoms with E-state index >= 15 is 0 Å². The van der Waals surface area contributed by atoms with Crippen molar-refractivity contribution in [2.24, 2.45) is 46.3 Å². The number of carbonyl (C=O) groups excluding carboxylic acids is 2. The van der Waals surface area contributed by atoms with Crippen LogP contribution in [0.15, 0.2) is 23.3 Å². The topological polar surface area (TPSA) is 91.7 Å². The second-order valence-corrected chi connectivity index (χ2v) is 12.4. The van der Waals surface area contributed by atoms with Crippen molar-refractivity contribution < 1.29 is 24.6 Å². The van der Waals surface area contributed by atoms with Gasteiger partial charge in [0.15, 0.2) is 5.78 Å². The van der Waals surface area contributed by atoms with Crippen molar-refractivity contribution in [3.05, 3.63) is 23.3 Å². The Morgan fingerprint density at radius 1 is 1.21 bits per heavy atom. The van der Waals surface area contributed by atoms with E-state index in [1.807, 2.05) is 6.92 Å². The van der Waals surface area contributed by atoms with Crippen LogP contribution >= 0.6 is 0 Å². The normalized spacial score (nSPS) is 41.4. The molecule has 0 bridgehead atoms. The van der Waals surface area contributed by atoms with Crippen molar-refractivity contribution >= 4 is 17.5 Å². The first kappa shape index (κ1) is 25.3. The summed E-state index contributed by atoms with van der Waals surface area (Å²) < 4.78 is 0. The minimum absolute atomic E-state index is 0.0363. The number of aliphatic hydroxyl groups excluding tert-OH is 1. The average molecular weight is 471 g/mol. The van der Waals surface area contributed by atoms with Crippen molar-refractivity contribution in [2.45, 2.75) is 92.1 Å². The molecule has 0 unspecified atom stereocenters. The van der Waals surface area contributed by atoms with Crippen molar-refractivity contribution in [3.8, 4) is 0 Å². The highest BCUT2D eigenvalue weighted by Crippen LogP contribution is 2.65. The number of aliphatic carboxylic acids is 1. The molecular formula is C29H42O5. The number of rotatable bonds is 6. The first-order valence-electron chi connectivity index (χ1n) is 13.2. The number of carboxylic acids is 1. The molecule has 0 radical (unpaired) electrons. The summed E-state index contributed by atoms with van der Waals surface area (Å²) in [5.41, 5.74) is 2.13. The molecule has 2 saturated carbocycles. The van der Waals surface area contributed by atoms with E-state index in [9.17, 15) is 24.6 Å². The standard InChI is InChI=1S/C29H42O5/c1-15(17(3)27(33)34)7-8-16(2)19-9-10-20-25-23(31)13-21-18(4)22(30)11-12-28(21,5)26(25)24(32)14-29(19,20)6/h16-21,23,31H,1,7-14H2,2-6H3,(H,33,34)/t16-,17-,18+,19-,20+,21+,23+,28+,29-/m1/s1. The van der Waals surface area contributed by atoms with Crippen LogP contribution in [0.5, 0.6) is 0 Å². The number of aliphatic hydroxyl groups is 1. The number of hydrogen-bond donors (Lipinski definition) is 2. The van der Waals surface area contributed by atoms with Gasteiger partial charge < -0.3 is 10.2 Å². The molecule has 5 nitrogen and oxygen atoms in total. The fourth-order valence-electron chi connectivity index (χ4n) is 8.50. The Balaban J connectivity index is 1.61. The molecule has 0 aromatic heterocycles. The van der Waals surface area contributed by atoms with E-state index in [0.29, 0.717) is 43.9 Å². The molecule has 0 heterocycles. The molecule has 0 saturated heterocycles. The van der Waals surface area contributed by atoms with Gasteiger partial charge in [-0.2, -0.15) is 0 Å². The van der Waals surface area contributed by atoms with Crippen LogP contribution in [0.1, 0.15) is 86.0 Å². The molecule has 4 aliphatic rings. The SMILES string of the molecule is C=C(CC[C@@H](C)[C@H]1CC[C@H]2C3=C(C(=O)C[C@]12C)[C@@]1(C)CCC(=O)[C@@H](C)[C@@H]1C[C@@H]3O)[C@@H](C)C(=O)O. The van der Waals surface area contributed by atoms with E-state index in [1.54, 1.807) is 6.92 Å². The van der Waals surface area contributed by atoms with Crippen LogP contribution in [0, 0.1) is 46.3 Å². The van der Waals surface area contributed by atoms with Gasteiger partial charge in [0.1, 0.15) is 5.78 Å². The highest BCUT2D eigenvalue weighted by atomic mass is 16.4. The van der Waals surface area contributed by atoms with Crippen LogP contribution in [0.2, 0.25) is 0 Å². The van der Waals surface area contributed by atoms with Gasteiger partial charge >= 0.3 is 5.97 Å². The van der Waals surface area contributed by atoms with Gasteiger partial charge in [-0.05, 0) is 80.1 Å². The minimum atomic E-state index is -0.834. The highest BCUT2D eigenvalue weighted by molar-refractivity contribution is 6.00. The quantitative estimate of drug-likeness (QED) is 0.509. The van der Waals surface area contributed by atoms with Gasteiger partial charge in [-0.25, -0.2) is 0 Å². The Morgan fingerprint density at radius 2 is 1.88 bits per heavy atom. The third-order valence-electron chi connectivity index (χ3n) is 10.7. The number of fused-ring (bicyclic) bond motifs is 4. The van der Waals surface area contributed by atoms with E-state index in [0.717, 1.165) is 36.0 Å². The number of ketones is 2. The Kier molecular flexibility index (Phi) is 6.50. The molecular weight excluding hydrogens is 428 g/mol. The molecule has 5 heteroatoms. The zero-order valence-electron chi connectivity index (χ0n) is 21.5. The highest BCUT2D eigenvalue weighted by Gasteiger charge is 2.61. The van der Waals surface area contributed by atoms with Crippen LogP contribution in [0.25, 0.3) is 0 Å². The lowest BCUT2D eigenvalue weighted by Crippen LogP contribution is -2.54. The van der Waals surface area contributed by atoms with E-state index in [2.05, 4.69) is 27.4 Å². The molecule has 9 atom stereocenters. The van der Waals surface area contributed by atoms with Gasteiger partial charge in [-0.15, -0.1) is 0 Å². The molecule has 0 amide bonds. The summed E-state index contributed by atoms with van der Waals surface area (Å²) in [5.74, 6) is -0.0967. The second kappa shape index (κ2) is 8.72. The van der Waals surface area contributed by atoms with Gasteiger partial charge in [0.2, 0.25) is 0 Å². The first-order valence-corrected chi connectivity index (χ1v) is 13.2. The number of Topliss-reactive ketones (excluding diaryl/α,β-unsaturated/α-hetero) is 2. The zero-order chi connectivity index (χ0) is 25.2. The molecule has 188 valence electrons. The number of carbonyl (C=O) groups is 3. The largest absolute Gasteiger partial charge is 0.481 e. The molecule has 4 aliphatic carbocycles. The first-order chi connectivity index (χ1) is 15.8. The van der Waals surface area contributed by atoms with Gasteiger partial charge in [0, 0.05) is 29.7 Å². The third kappa shape index (κ3) is 3.73. The molecule has 34 heavy (non-hydrogen) atoms. The lowest BCUT2D eigenvalue weighted by molar-refractivity contribution is -0.140. The fraction of sp³-hybridized carbons (Fsp3) is 0.759. The minimum Gasteiger partial charge on any atom is -0.481 e. The summed E-state index contributed by atoms with van der Waals surface area (Å²) in [7, 11) is 0. The monoisotopic (exact) mass is 470 g/mol. The Labute approximate surface area is 204 Å². The van der Waals surface area contributed by atoms with Gasteiger partial charge in [0.05, 0.1) is 12.0 Å². The number of carboxylic acid groups (broad SMARTS) is 1. The van der Waals surface area contributed by atoms with Crippen LogP contribution in [0.4, 0.5) is 0 Å². The summed E-state index contributed by atoms with van der Waals surface area (Å²) in [4.78, 5) is 37.6. The van der Waals surface area contributed by atoms with Gasteiger partial charge in [-0.3, -0.25) is 14.4 Å². The Hall–Kier alpha value is -1.75. The summed E-state index contributed by atoms with van der Waals surface area (Å²) in [6, 6.07) is 0. The van der Waals surface area contributed by atoms with Crippen LogP contribution in [-0.2, 0) is 14.4 Å². The third-order valence-corrected chi connectivity index (χ3v) is 10.7. The zero-order valence-corrected chi connectivity index (χ0v) is 21.5. The molecule has 2 fully saturated rings. The van der Waals surface area contributed by atoms with Crippen LogP contribution in [0.3, 0.4) is 0 Å². The lowest BCUT2D eigenvalue weighted by Gasteiger charge is -2.55. The van der Waals surface area contributed by atoms with Crippen molar-refractivity contribution in [2.75, 3.05) is 0 Å². The number of hydrogen-bond acceptors (Lipinski definition) is 4. The maximum Gasteiger partial charge on any atom is 0.310 e. The summed E-state index contributed by atoms with van der Waals surface area (Å²) in [6.45, 7) is 14.3. The van der Waals surface area contributed by atoms with Crippen molar-refractivity contribution in [1.29, 1.82) is 0 Å². The molecule has 4 rings (SSSR count). The predicted octanol–water partition coefficient (Wildman–Crippen LogP) is 5.37. The summed E-state index contributed by atoms with van der Waals surface area (Å²) >= 11 is 0. The maximum atomic E-state index is 13.8. The second-order valence-electron chi connectivity index (χ2n) is 12.4. The maximum absolute atomic E-state index is 13.8. The van der Waals surface area contributed by atoms with E-state index in [4.69, 9.17) is 0 Å². The van der Waals surface area contributed by atoms with Crippen molar-refractivity contribution in [1.82, 2.24) is 0 Å². The summed E-state index contributed by atoms with van der Waals surface area (Å²) in [6.07, 6.45) is 5.24. The van der Waals surface area contributed by atoms with E-state index < -0.39 is 18.0 Å². The predicted molar refractivity (Wildman–Crippen MR) is 131 cm³/mol. The average Bonchev–Trinajstić information content (AvgIpc) is 3.11. The molecule has 0 aromatic rings. The molecule has 0 aliphatic heterocycles.